The summed E-state index contributed by atoms with van der Waals surface area (Å²) in [6.45, 7) is 0. The number of carbonyl (C=O) groups is 1. The first kappa shape index (κ1) is 29.6. The van der Waals surface area contributed by atoms with Crippen LogP contribution >= 0.6 is 0 Å². The van der Waals surface area contributed by atoms with E-state index in [1.54, 1.807) is 30.3 Å². The van der Waals surface area contributed by atoms with E-state index in [4.69, 9.17) is 4.74 Å². The minimum atomic E-state index is -4.99. The van der Waals surface area contributed by atoms with Gasteiger partial charge in [0.1, 0.15) is 5.82 Å². The molecule has 0 aromatic heterocycles. The molecule has 0 aliphatic rings. The lowest BCUT2D eigenvalue weighted by Crippen LogP contribution is -2.49. The average Bonchev–Trinajstić information content (AvgIpc) is 2.92. The van der Waals surface area contributed by atoms with E-state index in [0.29, 0.717) is 17.7 Å². The highest BCUT2D eigenvalue weighted by atomic mass is 19.4. The van der Waals surface area contributed by atoms with Crippen molar-refractivity contribution < 1.29 is 44.7 Å². The zero-order chi connectivity index (χ0) is 30.0. The van der Waals surface area contributed by atoms with E-state index in [2.05, 4.69) is 5.32 Å². The van der Waals surface area contributed by atoms with Crippen molar-refractivity contribution >= 4 is 5.91 Å². The number of methoxy groups -OCH3 is 1. The van der Waals surface area contributed by atoms with Crippen molar-refractivity contribution in [2.24, 2.45) is 0 Å². The van der Waals surface area contributed by atoms with Crippen LogP contribution in [0.2, 0.25) is 0 Å². The Balaban J connectivity index is 2.01. The molecule has 0 fully saturated rings. The van der Waals surface area contributed by atoms with Gasteiger partial charge >= 0.3 is 12.4 Å². The molecule has 1 N–H and O–H groups in total. The fourth-order valence-corrected chi connectivity index (χ4v) is 4.49. The number of nitrogens with one attached hydrogen (secondary N) is 1. The Kier molecular flexibility index (Phi) is 8.10. The van der Waals surface area contributed by atoms with Crippen LogP contribution in [0.25, 0.3) is 0 Å². The van der Waals surface area contributed by atoms with Gasteiger partial charge < -0.3 is 10.1 Å². The zero-order valence-corrected chi connectivity index (χ0v) is 21.2. The van der Waals surface area contributed by atoms with Crippen LogP contribution in [0.4, 0.5) is 35.1 Å². The summed E-state index contributed by atoms with van der Waals surface area (Å²) in [6.07, 6.45) is -10.1. The van der Waals surface area contributed by atoms with Crippen LogP contribution < -0.4 is 10.1 Å². The normalized spacial score (nSPS) is 13.4. The second-order valence-electron chi connectivity index (χ2n) is 9.18. The molecule has 1 atom stereocenters. The maximum atomic E-state index is 14.8. The number of hydrogen-bond acceptors (Lipinski definition) is 2. The van der Waals surface area contributed by atoms with Crippen molar-refractivity contribution in [2.75, 3.05) is 7.11 Å². The van der Waals surface area contributed by atoms with Gasteiger partial charge in [0.15, 0.2) is 11.6 Å². The van der Waals surface area contributed by atoms with Crippen LogP contribution in [0.3, 0.4) is 0 Å². The third-order valence-electron chi connectivity index (χ3n) is 6.45. The van der Waals surface area contributed by atoms with Crippen molar-refractivity contribution in [1.82, 2.24) is 5.32 Å². The molecule has 4 aromatic rings. The first-order valence-corrected chi connectivity index (χ1v) is 12.0. The lowest BCUT2D eigenvalue weighted by molar-refractivity contribution is -0.138. The van der Waals surface area contributed by atoms with Gasteiger partial charge in [0.05, 0.1) is 23.8 Å². The second kappa shape index (κ2) is 11.2. The van der Waals surface area contributed by atoms with Gasteiger partial charge in [-0.25, -0.2) is 8.78 Å². The van der Waals surface area contributed by atoms with Crippen LogP contribution in [-0.2, 0) is 24.3 Å². The molecule has 3 nitrogen and oxygen atoms in total. The first-order chi connectivity index (χ1) is 19.2. The number of rotatable bonds is 7. The van der Waals surface area contributed by atoms with Crippen molar-refractivity contribution in [2.45, 2.75) is 24.3 Å². The van der Waals surface area contributed by atoms with Crippen molar-refractivity contribution in [3.63, 3.8) is 0 Å². The highest BCUT2D eigenvalue weighted by Crippen LogP contribution is 2.40. The van der Waals surface area contributed by atoms with Gasteiger partial charge in [0.2, 0.25) is 0 Å². The number of ether oxygens (including phenoxy) is 1. The summed E-state index contributed by atoms with van der Waals surface area (Å²) in [6, 6.07) is 16.5. The Morgan fingerprint density at radius 3 is 2.00 bits per heavy atom. The van der Waals surface area contributed by atoms with Crippen LogP contribution in [0.15, 0.2) is 91.0 Å². The highest BCUT2D eigenvalue weighted by molar-refractivity contribution is 5.95. The fourth-order valence-electron chi connectivity index (χ4n) is 4.49. The highest BCUT2D eigenvalue weighted by Gasteiger charge is 2.41. The van der Waals surface area contributed by atoms with Gasteiger partial charge in [0, 0.05) is 12.0 Å². The predicted molar refractivity (Wildman–Crippen MR) is 134 cm³/mol. The summed E-state index contributed by atoms with van der Waals surface area (Å²) in [5.74, 6) is -3.55. The summed E-state index contributed by atoms with van der Waals surface area (Å²) in [5, 5.41) is 2.56. The van der Waals surface area contributed by atoms with Crippen LogP contribution in [0.5, 0.6) is 5.75 Å². The van der Waals surface area contributed by atoms with E-state index in [1.165, 1.54) is 6.07 Å². The molecule has 4 aromatic carbocycles. The molecule has 0 spiro atoms. The number of halogens is 8. The molecular formula is C30H21F8NO2. The fraction of sp³-hybridized carbons (Fsp3) is 0.167. The molecule has 11 heteroatoms. The zero-order valence-electron chi connectivity index (χ0n) is 21.2. The number of carbonyl (C=O) groups excluding carboxylic acids is 1. The predicted octanol–water partition coefficient (Wildman–Crippen LogP) is 7.93. The molecule has 0 saturated heterocycles. The standard InChI is InChI=1S/C30H21F8NO2/c1-41-26-16-20(10-11-25(26)32)28(17-18-6-3-2-4-7-18,22-13-23(30(36,37)38)15-24(31)14-22)39-27(40)19-8-5-9-21(12-19)29(33,34)35/h2-16H,17H2,1H3,(H,39,40). The molecule has 0 aliphatic carbocycles. The van der Waals surface area contributed by atoms with E-state index >= 15 is 0 Å². The summed E-state index contributed by atoms with van der Waals surface area (Å²) >= 11 is 0. The van der Waals surface area contributed by atoms with E-state index in [-0.39, 0.29) is 29.4 Å². The van der Waals surface area contributed by atoms with Crippen molar-refractivity contribution in [3.05, 3.63) is 136 Å². The van der Waals surface area contributed by atoms with Crippen molar-refractivity contribution in [3.8, 4) is 5.75 Å². The Labute approximate surface area is 229 Å². The quantitative estimate of drug-likeness (QED) is 0.226. The number of benzene rings is 4. The third kappa shape index (κ3) is 6.50. The van der Waals surface area contributed by atoms with E-state index in [9.17, 15) is 39.9 Å². The number of amides is 1. The molecule has 0 bridgehead atoms. The van der Waals surface area contributed by atoms with E-state index < -0.39 is 52.1 Å². The monoisotopic (exact) mass is 579 g/mol. The molecule has 0 aliphatic heterocycles. The smallest absolute Gasteiger partial charge is 0.416 e. The van der Waals surface area contributed by atoms with Gasteiger partial charge in [-0.15, -0.1) is 0 Å². The largest absolute Gasteiger partial charge is 0.494 e. The van der Waals surface area contributed by atoms with E-state index in [0.717, 1.165) is 43.5 Å². The van der Waals surface area contributed by atoms with Crippen molar-refractivity contribution in [1.29, 1.82) is 0 Å². The van der Waals surface area contributed by atoms with Crippen LogP contribution in [-0.4, -0.2) is 13.0 Å². The number of alkyl halides is 6. The van der Waals surface area contributed by atoms with E-state index in [1.807, 2.05) is 0 Å². The maximum absolute atomic E-state index is 14.8. The summed E-state index contributed by atoms with van der Waals surface area (Å²) in [7, 11) is 1.15. The minimum absolute atomic E-state index is 0.0151. The van der Waals surface area contributed by atoms with Gasteiger partial charge in [-0.3, -0.25) is 4.79 Å². The summed E-state index contributed by atoms with van der Waals surface area (Å²) < 4.78 is 116. The van der Waals surface area contributed by atoms with Gasteiger partial charge in [-0.2, -0.15) is 26.3 Å². The maximum Gasteiger partial charge on any atom is 0.416 e. The molecule has 0 heterocycles. The minimum Gasteiger partial charge on any atom is -0.494 e. The Morgan fingerprint density at radius 2 is 1.37 bits per heavy atom. The SMILES string of the molecule is COc1cc(C(Cc2ccccc2)(NC(=O)c2cccc(C(F)(F)F)c2)c2cc(F)cc(C(F)(F)F)c2)ccc1F. The Bertz CT molecular complexity index is 1550. The molecule has 1 unspecified atom stereocenters. The Morgan fingerprint density at radius 1 is 0.707 bits per heavy atom. The second-order valence-corrected chi connectivity index (χ2v) is 9.18. The molecule has 41 heavy (non-hydrogen) atoms. The topological polar surface area (TPSA) is 38.3 Å². The summed E-state index contributed by atoms with van der Waals surface area (Å²) in [4.78, 5) is 13.6. The third-order valence-corrected chi connectivity index (χ3v) is 6.45. The summed E-state index contributed by atoms with van der Waals surface area (Å²) in [5.41, 5.74) is -4.95. The van der Waals surface area contributed by atoms with Gasteiger partial charge in [0.25, 0.3) is 5.91 Å². The molecule has 0 saturated carbocycles. The molecular weight excluding hydrogens is 558 g/mol. The van der Waals surface area contributed by atoms with Crippen LogP contribution in [0, 0.1) is 11.6 Å². The van der Waals surface area contributed by atoms with Gasteiger partial charge in [-0.05, 0) is 65.2 Å². The number of hydrogen-bond donors (Lipinski definition) is 1. The van der Waals surface area contributed by atoms with Crippen LogP contribution in [0.1, 0.15) is 38.2 Å². The first-order valence-electron chi connectivity index (χ1n) is 12.0. The lowest BCUT2D eigenvalue weighted by Gasteiger charge is -2.37. The molecule has 4 rings (SSSR count). The van der Waals surface area contributed by atoms with Gasteiger partial charge in [-0.1, -0.05) is 42.5 Å². The average molecular weight is 579 g/mol. The molecule has 214 valence electrons. The Hall–Kier alpha value is -4.41. The molecule has 1 amide bonds. The lowest BCUT2D eigenvalue weighted by atomic mass is 9.77. The molecule has 0 radical (unpaired) electrons.